The molecule has 4 heterocycles. The third kappa shape index (κ3) is 4.51. The summed E-state index contributed by atoms with van der Waals surface area (Å²) in [5, 5.41) is 8.36. The second kappa shape index (κ2) is 8.81. The Morgan fingerprint density at radius 1 is 1.23 bits per heavy atom. The number of aryl methyl sites for hydroxylation is 4. The van der Waals surface area contributed by atoms with Crippen molar-refractivity contribution in [3.8, 4) is 11.4 Å². The summed E-state index contributed by atoms with van der Waals surface area (Å²) in [4.78, 5) is 24.7. The van der Waals surface area contributed by atoms with Crippen molar-refractivity contribution in [2.75, 3.05) is 6.61 Å². The number of nitrogens with zero attached hydrogens (tertiary/aromatic N) is 6. The zero-order valence-electron chi connectivity index (χ0n) is 16.9. The maximum absolute atomic E-state index is 12.0. The van der Waals surface area contributed by atoms with E-state index >= 15 is 0 Å². The first-order valence-corrected chi connectivity index (χ1v) is 9.79. The van der Waals surface area contributed by atoms with Gasteiger partial charge in [0.25, 0.3) is 0 Å². The quantitative estimate of drug-likeness (QED) is 0.325. The molecular weight excluding hydrogens is 384 g/mol. The lowest BCUT2D eigenvalue weighted by atomic mass is 10.2. The van der Waals surface area contributed by atoms with Gasteiger partial charge in [0, 0.05) is 42.3 Å². The van der Waals surface area contributed by atoms with Crippen LogP contribution < -0.4 is 0 Å². The van der Waals surface area contributed by atoms with Crippen LogP contribution in [0.4, 0.5) is 0 Å². The lowest BCUT2D eigenvalue weighted by Gasteiger charge is -2.04. The highest BCUT2D eigenvalue weighted by atomic mass is 16.5. The molecular formula is C21H22N6O3. The Bertz CT molecular complexity index is 1150. The summed E-state index contributed by atoms with van der Waals surface area (Å²) in [6, 6.07) is 3.64. The molecule has 0 N–H and O–H groups in total. The minimum Gasteiger partial charge on any atom is -0.466 e. The van der Waals surface area contributed by atoms with Crippen LogP contribution in [-0.2, 0) is 22.4 Å². The third-order valence-corrected chi connectivity index (χ3v) is 4.80. The van der Waals surface area contributed by atoms with E-state index in [1.807, 2.05) is 32.3 Å². The second-order valence-corrected chi connectivity index (χ2v) is 7.02. The van der Waals surface area contributed by atoms with E-state index in [9.17, 15) is 4.79 Å². The molecule has 0 fully saturated rings. The first-order chi connectivity index (χ1) is 14.6. The average molecular weight is 406 g/mol. The molecule has 0 radical (unpaired) electrons. The number of fused-ring (bicyclic) bond motifs is 1. The zero-order chi connectivity index (χ0) is 20.9. The van der Waals surface area contributed by atoms with Crippen molar-refractivity contribution in [2.24, 2.45) is 0 Å². The first kappa shape index (κ1) is 19.7. The highest BCUT2D eigenvalue weighted by molar-refractivity contribution is 5.69. The molecule has 0 spiro atoms. The van der Waals surface area contributed by atoms with Crippen LogP contribution in [0.25, 0.3) is 17.0 Å². The molecule has 0 bridgehead atoms. The lowest BCUT2D eigenvalue weighted by molar-refractivity contribution is -0.143. The Kier molecular flexibility index (Phi) is 5.78. The lowest BCUT2D eigenvalue weighted by Crippen LogP contribution is -2.08. The van der Waals surface area contributed by atoms with Crippen molar-refractivity contribution < 1.29 is 14.1 Å². The van der Waals surface area contributed by atoms with Crippen LogP contribution in [0.1, 0.15) is 35.6 Å². The summed E-state index contributed by atoms with van der Waals surface area (Å²) < 4.78 is 12.3. The fourth-order valence-corrected chi connectivity index (χ4v) is 3.04. The van der Waals surface area contributed by atoms with Gasteiger partial charge in [-0.05, 0) is 44.4 Å². The van der Waals surface area contributed by atoms with Crippen LogP contribution >= 0.6 is 0 Å². The van der Waals surface area contributed by atoms with E-state index in [0.717, 1.165) is 34.5 Å². The van der Waals surface area contributed by atoms with Crippen molar-refractivity contribution in [3.05, 3.63) is 59.6 Å². The topological polar surface area (TPSA) is 108 Å². The molecule has 9 heteroatoms. The number of hydrogen-bond acceptors (Lipinski definition) is 8. The van der Waals surface area contributed by atoms with Crippen molar-refractivity contribution in [1.29, 1.82) is 0 Å². The summed E-state index contributed by atoms with van der Waals surface area (Å²) in [5.74, 6) is 0.567. The molecule has 4 rings (SSSR count). The van der Waals surface area contributed by atoms with Crippen molar-refractivity contribution in [1.82, 2.24) is 29.7 Å². The van der Waals surface area contributed by atoms with E-state index in [1.165, 1.54) is 0 Å². The summed E-state index contributed by atoms with van der Waals surface area (Å²) in [5.41, 5.74) is 4.75. The number of carbonyl (C=O) groups excluding carboxylic acids is 1. The van der Waals surface area contributed by atoms with Gasteiger partial charge in [-0.1, -0.05) is 5.16 Å². The molecule has 0 saturated carbocycles. The van der Waals surface area contributed by atoms with Gasteiger partial charge >= 0.3 is 5.97 Å². The number of carbonyl (C=O) groups is 1. The van der Waals surface area contributed by atoms with E-state index < -0.39 is 0 Å². The molecule has 0 aromatic carbocycles. The Balaban J connectivity index is 1.20. The number of pyridine rings is 1. The van der Waals surface area contributed by atoms with Crippen LogP contribution in [0.3, 0.4) is 0 Å². The predicted octanol–water partition coefficient (Wildman–Crippen LogP) is 2.90. The largest absolute Gasteiger partial charge is 0.466 e. The van der Waals surface area contributed by atoms with Crippen molar-refractivity contribution in [3.63, 3.8) is 0 Å². The number of hydrogen-bond donors (Lipinski definition) is 0. The van der Waals surface area contributed by atoms with E-state index in [2.05, 4.69) is 25.2 Å². The van der Waals surface area contributed by atoms with Gasteiger partial charge in [0.05, 0.1) is 18.7 Å². The number of rotatable bonds is 8. The molecule has 154 valence electrons. The first-order valence-electron chi connectivity index (χ1n) is 9.79. The summed E-state index contributed by atoms with van der Waals surface area (Å²) >= 11 is 0. The van der Waals surface area contributed by atoms with Gasteiger partial charge < -0.3 is 9.26 Å². The fourth-order valence-electron chi connectivity index (χ4n) is 3.04. The van der Waals surface area contributed by atoms with Crippen LogP contribution in [-0.4, -0.2) is 42.3 Å². The molecule has 4 aromatic heterocycles. The molecule has 0 unspecified atom stereocenters. The standard InChI is InChI=1S/C21H22N6O3/c1-14-15(2)25-27-13-16(11-23-21(14)27)5-4-10-29-19(28)8-7-18-24-20(26-30-18)17-6-3-9-22-12-17/h3,6,9,11-13H,4-5,7-8,10H2,1-2H3. The maximum atomic E-state index is 12.0. The van der Waals surface area contributed by atoms with Crippen LogP contribution in [0, 0.1) is 13.8 Å². The highest BCUT2D eigenvalue weighted by Crippen LogP contribution is 2.15. The Morgan fingerprint density at radius 3 is 2.97 bits per heavy atom. The van der Waals surface area contributed by atoms with Gasteiger partial charge in [0.15, 0.2) is 5.65 Å². The molecule has 0 aliphatic rings. The number of ether oxygens (including phenoxy) is 1. The molecule has 30 heavy (non-hydrogen) atoms. The van der Waals surface area contributed by atoms with Crippen molar-refractivity contribution in [2.45, 2.75) is 39.5 Å². The van der Waals surface area contributed by atoms with Gasteiger partial charge in [0.2, 0.25) is 11.7 Å². The Labute approximate surface area is 173 Å². The minimum absolute atomic E-state index is 0.189. The molecule has 0 atom stereocenters. The van der Waals surface area contributed by atoms with Crippen LogP contribution in [0.2, 0.25) is 0 Å². The normalized spacial score (nSPS) is 11.1. The molecule has 0 aliphatic carbocycles. The van der Waals surface area contributed by atoms with Gasteiger partial charge in [-0.2, -0.15) is 10.1 Å². The highest BCUT2D eigenvalue weighted by Gasteiger charge is 2.12. The number of aromatic nitrogens is 6. The predicted molar refractivity (Wildman–Crippen MR) is 108 cm³/mol. The van der Waals surface area contributed by atoms with Gasteiger partial charge in [-0.15, -0.1) is 0 Å². The summed E-state index contributed by atoms with van der Waals surface area (Å²) in [7, 11) is 0. The van der Waals surface area contributed by atoms with E-state index in [1.54, 1.807) is 23.0 Å². The van der Waals surface area contributed by atoms with Crippen LogP contribution in [0.5, 0.6) is 0 Å². The Morgan fingerprint density at radius 2 is 2.13 bits per heavy atom. The van der Waals surface area contributed by atoms with Crippen LogP contribution in [0.15, 0.2) is 41.4 Å². The maximum Gasteiger partial charge on any atom is 0.306 e. The molecule has 9 nitrogen and oxygen atoms in total. The summed E-state index contributed by atoms with van der Waals surface area (Å²) in [6.07, 6.45) is 9.15. The van der Waals surface area contributed by atoms with E-state index in [4.69, 9.17) is 9.26 Å². The van der Waals surface area contributed by atoms with E-state index in [-0.39, 0.29) is 12.4 Å². The zero-order valence-corrected chi connectivity index (χ0v) is 16.9. The smallest absolute Gasteiger partial charge is 0.306 e. The third-order valence-electron chi connectivity index (χ3n) is 4.80. The monoisotopic (exact) mass is 406 g/mol. The molecule has 0 aliphatic heterocycles. The molecule has 4 aromatic rings. The average Bonchev–Trinajstić information content (AvgIpc) is 3.35. The SMILES string of the molecule is Cc1nn2cc(CCCOC(=O)CCc3nc(-c4cccnc4)no3)cnc2c1C. The van der Waals surface area contributed by atoms with Gasteiger partial charge in [-0.25, -0.2) is 9.50 Å². The molecule has 0 saturated heterocycles. The van der Waals surface area contributed by atoms with Gasteiger partial charge in [-0.3, -0.25) is 9.78 Å². The second-order valence-electron chi connectivity index (χ2n) is 7.02. The minimum atomic E-state index is -0.289. The number of esters is 1. The Hall–Kier alpha value is -3.62. The van der Waals surface area contributed by atoms with Gasteiger partial charge in [0.1, 0.15) is 0 Å². The molecule has 0 amide bonds. The van der Waals surface area contributed by atoms with E-state index in [0.29, 0.717) is 31.2 Å². The fraction of sp³-hybridized carbons (Fsp3) is 0.333. The summed E-state index contributed by atoms with van der Waals surface area (Å²) in [6.45, 7) is 4.33. The van der Waals surface area contributed by atoms with Crippen molar-refractivity contribution >= 4 is 11.6 Å².